The third-order valence-corrected chi connectivity index (χ3v) is 13.3. The molecule has 0 bridgehead atoms. The van der Waals surface area contributed by atoms with Gasteiger partial charge in [-0.05, 0) is 132 Å². The summed E-state index contributed by atoms with van der Waals surface area (Å²) in [5.41, 5.74) is 2.73. The number of amides is 2. The lowest BCUT2D eigenvalue weighted by atomic mass is 9.69. The number of rotatable bonds is 12. The number of nitrogens with zero attached hydrogens (tertiary/aromatic N) is 1. The van der Waals surface area contributed by atoms with Crippen molar-refractivity contribution in [2.45, 2.75) is 102 Å². The van der Waals surface area contributed by atoms with Gasteiger partial charge in [-0.1, -0.05) is 36.7 Å². The molecular formula is C39H54ClN3O5S. The molecule has 1 aliphatic heterocycles. The average Bonchev–Trinajstić information content (AvgIpc) is 3.17. The van der Waals surface area contributed by atoms with Crippen LogP contribution in [0.2, 0.25) is 5.02 Å². The van der Waals surface area contributed by atoms with E-state index in [1.165, 1.54) is 17.5 Å². The van der Waals surface area contributed by atoms with Gasteiger partial charge in [-0.3, -0.25) is 9.52 Å². The van der Waals surface area contributed by atoms with Crippen molar-refractivity contribution in [2.75, 3.05) is 24.6 Å². The van der Waals surface area contributed by atoms with Crippen LogP contribution in [-0.4, -0.2) is 46.8 Å². The van der Waals surface area contributed by atoms with E-state index in [2.05, 4.69) is 39.6 Å². The average molecular weight is 712 g/mol. The largest absolute Gasteiger partial charge is 0.490 e. The van der Waals surface area contributed by atoms with Gasteiger partial charge in [0.15, 0.2) is 0 Å². The van der Waals surface area contributed by atoms with Gasteiger partial charge in [0.2, 0.25) is 0 Å². The van der Waals surface area contributed by atoms with E-state index in [-0.39, 0.29) is 5.41 Å². The van der Waals surface area contributed by atoms with Gasteiger partial charge >= 0.3 is 6.09 Å². The van der Waals surface area contributed by atoms with E-state index in [1.807, 2.05) is 31.2 Å². The van der Waals surface area contributed by atoms with Crippen molar-refractivity contribution in [3.8, 4) is 5.75 Å². The fourth-order valence-corrected chi connectivity index (χ4v) is 10.1. The van der Waals surface area contributed by atoms with Crippen molar-refractivity contribution < 1.29 is 23.3 Å². The summed E-state index contributed by atoms with van der Waals surface area (Å²) in [4.78, 5) is 29.4. The van der Waals surface area contributed by atoms with Gasteiger partial charge in [-0.2, -0.15) is 0 Å². The molecule has 49 heavy (non-hydrogen) atoms. The van der Waals surface area contributed by atoms with Crippen molar-refractivity contribution in [3.63, 3.8) is 0 Å². The van der Waals surface area contributed by atoms with Crippen molar-refractivity contribution in [2.24, 2.45) is 11.8 Å². The lowest BCUT2D eigenvalue weighted by Gasteiger charge is -2.44. The SMILES string of the molecule is C=CCC[C@@H](CC)[SH](=O)(NC(=O)OC(C)(C)C)NC(=O)c1ccc2c(c1)N(C[C@@H]1CC[C@H]1CC=C)C[C@@]1(CCCc3cc(Cl)ccc31)CO2. The third kappa shape index (κ3) is 8.54. The number of aryl methyl sites for hydroxylation is 1. The highest BCUT2D eigenvalue weighted by molar-refractivity contribution is 8.01. The van der Waals surface area contributed by atoms with Crippen LogP contribution in [0, 0.1) is 11.8 Å². The first kappa shape index (κ1) is 37.0. The predicted molar refractivity (Wildman–Crippen MR) is 201 cm³/mol. The second-order valence-corrected chi connectivity index (χ2v) is 18.0. The highest BCUT2D eigenvalue weighted by atomic mass is 35.5. The zero-order chi connectivity index (χ0) is 35.4. The van der Waals surface area contributed by atoms with Crippen LogP contribution in [0.4, 0.5) is 10.5 Å². The molecule has 0 unspecified atom stereocenters. The molecule has 5 rings (SSSR count). The van der Waals surface area contributed by atoms with E-state index >= 15 is 0 Å². The van der Waals surface area contributed by atoms with Gasteiger partial charge in [-0.15, -0.1) is 13.2 Å². The number of carbonyl (C=O) groups is 2. The van der Waals surface area contributed by atoms with E-state index < -0.39 is 33.2 Å². The number of allylic oxidation sites excluding steroid dienone is 2. The highest BCUT2D eigenvalue weighted by Crippen LogP contribution is 2.46. The molecule has 1 saturated carbocycles. The number of hydrogen-bond acceptors (Lipinski definition) is 6. The van der Waals surface area contributed by atoms with Gasteiger partial charge in [0, 0.05) is 44.6 Å². The van der Waals surface area contributed by atoms with Crippen LogP contribution in [-0.2, 0) is 26.9 Å². The molecule has 1 fully saturated rings. The van der Waals surface area contributed by atoms with Crippen molar-refractivity contribution in [1.29, 1.82) is 0 Å². The van der Waals surface area contributed by atoms with Gasteiger partial charge < -0.3 is 14.4 Å². The van der Waals surface area contributed by atoms with E-state index in [0.717, 1.165) is 61.7 Å². The summed E-state index contributed by atoms with van der Waals surface area (Å²) in [6, 6.07) is 11.7. The molecule has 0 saturated heterocycles. The maximum Gasteiger partial charge on any atom is 0.419 e. The van der Waals surface area contributed by atoms with Gasteiger partial charge in [-0.25, -0.2) is 13.7 Å². The first-order valence-electron chi connectivity index (χ1n) is 17.8. The molecule has 0 aromatic heterocycles. The lowest BCUT2D eigenvalue weighted by molar-refractivity contribution is 0.0570. The zero-order valence-electron chi connectivity index (χ0n) is 29.6. The summed E-state index contributed by atoms with van der Waals surface area (Å²) in [6.07, 6.45) is 10.8. The van der Waals surface area contributed by atoms with E-state index in [1.54, 1.807) is 32.9 Å². The molecule has 2 aliphatic carbocycles. The second kappa shape index (κ2) is 15.3. The molecule has 2 amide bonds. The summed E-state index contributed by atoms with van der Waals surface area (Å²) in [5.74, 6) is 1.28. The number of halogens is 1. The Bertz CT molecular complexity index is 1610. The molecule has 10 heteroatoms. The summed E-state index contributed by atoms with van der Waals surface area (Å²) in [6.45, 7) is 17.0. The van der Waals surface area contributed by atoms with Crippen LogP contribution in [0.15, 0.2) is 61.7 Å². The standard InChI is InChI=1S/C39H54ClN3O5S/c1-7-10-14-32(9-3)49(46,42-37(45)48-38(4,5)6)41-36(44)29-17-20-35-34(23-29)43(24-30-16-15-27(30)12-8-2)25-39(26-47-35)21-11-13-28-22-31(40)18-19-33(28)39/h7-8,17-20,22-23,27,30,32,49H,1-2,9-16,21,24-26H2,3-6H3,(H2,41,42,44,45,46)/t27-,30+,32-,39+/m1/s1. The molecule has 3 aliphatic rings. The summed E-state index contributed by atoms with van der Waals surface area (Å²) >= 11 is 6.44. The first-order valence-corrected chi connectivity index (χ1v) is 19.9. The molecule has 1 heterocycles. The van der Waals surface area contributed by atoms with Crippen LogP contribution in [0.25, 0.3) is 0 Å². The smallest absolute Gasteiger partial charge is 0.419 e. The predicted octanol–water partition coefficient (Wildman–Crippen LogP) is 8.26. The van der Waals surface area contributed by atoms with Gasteiger partial charge in [0.1, 0.15) is 11.4 Å². The van der Waals surface area contributed by atoms with Crippen LogP contribution in [0.1, 0.15) is 101 Å². The summed E-state index contributed by atoms with van der Waals surface area (Å²) in [5, 5.41) is 0.249. The van der Waals surface area contributed by atoms with Crippen molar-refractivity contribution in [1.82, 2.24) is 9.44 Å². The van der Waals surface area contributed by atoms with Crippen LogP contribution in [0.5, 0.6) is 5.75 Å². The fraction of sp³-hybridized carbons (Fsp3) is 0.538. The Morgan fingerprint density at radius 3 is 2.59 bits per heavy atom. The van der Waals surface area contributed by atoms with Crippen LogP contribution in [0.3, 0.4) is 0 Å². The first-order chi connectivity index (χ1) is 23.3. The Labute approximate surface area is 298 Å². The lowest BCUT2D eigenvalue weighted by Crippen LogP contribution is -2.56. The van der Waals surface area contributed by atoms with Gasteiger partial charge in [0.05, 0.1) is 12.3 Å². The number of fused-ring (bicyclic) bond motifs is 3. The molecular weight excluding hydrogens is 658 g/mol. The maximum absolute atomic E-state index is 14.5. The number of hydrogen-bond donors (Lipinski definition) is 3. The Kier molecular flexibility index (Phi) is 11.5. The van der Waals surface area contributed by atoms with E-state index in [9.17, 15) is 13.8 Å². The van der Waals surface area contributed by atoms with Crippen LogP contribution >= 0.6 is 11.6 Å². The number of anilines is 1. The van der Waals surface area contributed by atoms with Crippen molar-refractivity contribution >= 4 is 39.6 Å². The Balaban J connectivity index is 1.48. The van der Waals surface area contributed by atoms with Gasteiger partial charge in [0.25, 0.3) is 5.91 Å². The summed E-state index contributed by atoms with van der Waals surface area (Å²) in [7, 11) is -3.81. The minimum Gasteiger partial charge on any atom is -0.490 e. The molecule has 1 spiro atoms. The van der Waals surface area contributed by atoms with Crippen LogP contribution < -0.4 is 19.1 Å². The fourth-order valence-electron chi connectivity index (χ4n) is 7.76. The van der Waals surface area contributed by atoms with E-state index in [4.69, 9.17) is 21.1 Å². The quantitative estimate of drug-likeness (QED) is 0.152. The second-order valence-electron chi connectivity index (χ2n) is 15.0. The molecule has 4 atom stereocenters. The number of carbonyl (C=O) groups excluding carboxylic acids is 2. The number of nitrogens with one attached hydrogen (secondary N) is 2. The Morgan fingerprint density at radius 2 is 1.92 bits per heavy atom. The molecule has 268 valence electrons. The minimum atomic E-state index is -3.81. The number of benzene rings is 2. The zero-order valence-corrected chi connectivity index (χ0v) is 31.2. The Morgan fingerprint density at radius 1 is 1.14 bits per heavy atom. The number of thiol groups is 1. The molecule has 0 radical (unpaired) electrons. The summed E-state index contributed by atoms with van der Waals surface area (Å²) < 4.78 is 32.0. The topological polar surface area (TPSA) is 97.0 Å². The molecule has 2 aromatic carbocycles. The normalized spacial score (nSPS) is 22.7. The number of ether oxygens (including phenoxy) is 2. The molecule has 2 aromatic rings. The van der Waals surface area contributed by atoms with E-state index in [0.29, 0.717) is 43.3 Å². The monoisotopic (exact) mass is 711 g/mol. The minimum absolute atomic E-state index is 0.232. The third-order valence-electron chi connectivity index (χ3n) is 10.4. The van der Waals surface area contributed by atoms with Crippen molar-refractivity contribution in [3.05, 3.63) is 83.4 Å². The Hall–Kier alpha value is -3.30. The molecule has 2 N–H and O–H groups in total. The molecule has 8 nitrogen and oxygen atoms in total. The maximum atomic E-state index is 14.5. The highest BCUT2D eigenvalue weighted by Gasteiger charge is 2.43.